The highest BCUT2D eigenvalue weighted by atomic mass is 16.5. The van der Waals surface area contributed by atoms with Gasteiger partial charge < -0.3 is 9.84 Å². The fourth-order valence-corrected chi connectivity index (χ4v) is 3.58. The highest BCUT2D eigenvalue weighted by Gasteiger charge is 2.53. The van der Waals surface area contributed by atoms with Gasteiger partial charge >= 0.3 is 5.97 Å². The lowest BCUT2D eigenvalue weighted by atomic mass is 9.89. The molecule has 118 valence electrons. The number of aryl methyl sites for hydroxylation is 1. The molecule has 0 bridgehead atoms. The molecule has 22 heavy (non-hydrogen) atoms. The number of aliphatic carboxylic acids is 1. The van der Waals surface area contributed by atoms with E-state index in [1.807, 2.05) is 19.1 Å². The molecule has 1 unspecified atom stereocenters. The standard InChI is InChI=1S/C17H21NO4/c1-12-6-5-7-13(10-12)15(19)18-14(16(20)21)11-22-17(18)8-3-2-4-9-17/h5-7,10,14H,2-4,8-9,11H2,1H3,(H,20,21). The summed E-state index contributed by atoms with van der Waals surface area (Å²) in [7, 11) is 0. The SMILES string of the molecule is Cc1cccc(C(=O)N2C(C(=O)O)COC23CCCCC3)c1. The van der Waals surface area contributed by atoms with Crippen LogP contribution in [0, 0.1) is 6.92 Å². The molecule has 1 aliphatic heterocycles. The summed E-state index contributed by atoms with van der Waals surface area (Å²) in [6.07, 6.45) is 4.46. The van der Waals surface area contributed by atoms with Crippen molar-refractivity contribution in [1.82, 2.24) is 4.90 Å². The Hall–Kier alpha value is -1.88. The number of carboxylic acids is 1. The summed E-state index contributed by atoms with van der Waals surface area (Å²) < 4.78 is 5.87. The number of nitrogens with zero attached hydrogens (tertiary/aromatic N) is 1. The molecule has 1 saturated carbocycles. The normalized spacial score (nSPS) is 23.7. The van der Waals surface area contributed by atoms with Crippen LogP contribution in [0.2, 0.25) is 0 Å². The van der Waals surface area contributed by atoms with Crippen molar-refractivity contribution in [3.63, 3.8) is 0 Å². The molecule has 1 aromatic rings. The van der Waals surface area contributed by atoms with Crippen molar-refractivity contribution in [3.05, 3.63) is 35.4 Å². The van der Waals surface area contributed by atoms with Gasteiger partial charge in [-0.05, 0) is 44.7 Å². The number of hydrogen-bond acceptors (Lipinski definition) is 3. The van der Waals surface area contributed by atoms with Gasteiger partial charge in [-0.25, -0.2) is 4.79 Å². The van der Waals surface area contributed by atoms with Crippen LogP contribution in [-0.4, -0.2) is 40.3 Å². The van der Waals surface area contributed by atoms with Crippen LogP contribution >= 0.6 is 0 Å². The molecule has 1 atom stereocenters. The molecule has 0 radical (unpaired) electrons. The topological polar surface area (TPSA) is 66.8 Å². The summed E-state index contributed by atoms with van der Waals surface area (Å²) in [5.74, 6) is -1.24. The molecule has 1 aliphatic carbocycles. The van der Waals surface area contributed by atoms with Gasteiger partial charge in [-0.15, -0.1) is 0 Å². The van der Waals surface area contributed by atoms with Crippen LogP contribution < -0.4 is 0 Å². The van der Waals surface area contributed by atoms with E-state index in [0.29, 0.717) is 18.4 Å². The third-order valence-corrected chi connectivity index (χ3v) is 4.66. The fourth-order valence-electron chi connectivity index (χ4n) is 3.58. The largest absolute Gasteiger partial charge is 0.480 e. The molecule has 1 heterocycles. The van der Waals surface area contributed by atoms with E-state index in [0.717, 1.165) is 24.8 Å². The van der Waals surface area contributed by atoms with Gasteiger partial charge in [-0.1, -0.05) is 24.1 Å². The predicted octanol–water partition coefficient (Wildman–Crippen LogP) is 2.58. The van der Waals surface area contributed by atoms with E-state index in [4.69, 9.17) is 4.74 Å². The Morgan fingerprint density at radius 3 is 2.64 bits per heavy atom. The molecule has 2 fully saturated rings. The van der Waals surface area contributed by atoms with Gasteiger partial charge in [-0.3, -0.25) is 9.69 Å². The number of carbonyl (C=O) groups excluding carboxylic acids is 1. The maximum Gasteiger partial charge on any atom is 0.328 e. The van der Waals surface area contributed by atoms with Gasteiger partial charge in [0.1, 0.15) is 5.72 Å². The van der Waals surface area contributed by atoms with Crippen molar-refractivity contribution >= 4 is 11.9 Å². The molecule has 1 N–H and O–H groups in total. The lowest BCUT2D eigenvalue weighted by Crippen LogP contribution is -2.54. The zero-order valence-electron chi connectivity index (χ0n) is 12.7. The van der Waals surface area contributed by atoms with Crippen LogP contribution in [0.5, 0.6) is 0 Å². The molecular formula is C17H21NO4. The molecule has 1 saturated heterocycles. The third kappa shape index (κ3) is 2.50. The van der Waals surface area contributed by atoms with Crippen molar-refractivity contribution in [2.75, 3.05) is 6.61 Å². The van der Waals surface area contributed by atoms with E-state index in [1.54, 1.807) is 12.1 Å². The Morgan fingerprint density at radius 1 is 1.27 bits per heavy atom. The summed E-state index contributed by atoms with van der Waals surface area (Å²) in [5, 5.41) is 9.47. The number of ether oxygens (including phenoxy) is 1. The summed E-state index contributed by atoms with van der Waals surface area (Å²) in [6, 6.07) is 6.38. The number of carbonyl (C=O) groups is 2. The Bertz CT molecular complexity index is 592. The van der Waals surface area contributed by atoms with Gasteiger partial charge in [-0.2, -0.15) is 0 Å². The Morgan fingerprint density at radius 2 is 2.00 bits per heavy atom. The molecule has 1 spiro atoms. The minimum atomic E-state index is -0.997. The van der Waals surface area contributed by atoms with Gasteiger partial charge in [0.2, 0.25) is 0 Å². The summed E-state index contributed by atoms with van der Waals surface area (Å²) in [5.41, 5.74) is 0.777. The molecule has 3 rings (SSSR count). The molecule has 5 heteroatoms. The van der Waals surface area contributed by atoms with Crippen molar-refractivity contribution in [2.45, 2.75) is 50.8 Å². The average Bonchev–Trinajstić information content (AvgIpc) is 2.86. The van der Waals surface area contributed by atoms with Crippen molar-refractivity contribution in [2.24, 2.45) is 0 Å². The Labute approximate surface area is 129 Å². The Kier molecular flexibility index (Phi) is 3.91. The van der Waals surface area contributed by atoms with Gasteiger partial charge in [0.25, 0.3) is 5.91 Å². The van der Waals surface area contributed by atoms with Crippen molar-refractivity contribution in [1.29, 1.82) is 0 Å². The van der Waals surface area contributed by atoms with E-state index in [9.17, 15) is 14.7 Å². The van der Waals surface area contributed by atoms with E-state index in [1.165, 1.54) is 4.90 Å². The van der Waals surface area contributed by atoms with Gasteiger partial charge in [0, 0.05) is 5.56 Å². The summed E-state index contributed by atoms with van der Waals surface area (Å²) in [6.45, 7) is 2.00. The van der Waals surface area contributed by atoms with Crippen molar-refractivity contribution in [3.8, 4) is 0 Å². The molecule has 0 aromatic heterocycles. The number of benzene rings is 1. The highest BCUT2D eigenvalue weighted by Crippen LogP contribution is 2.41. The van der Waals surface area contributed by atoms with Crippen LogP contribution in [0.4, 0.5) is 0 Å². The van der Waals surface area contributed by atoms with Crippen molar-refractivity contribution < 1.29 is 19.4 Å². The van der Waals surface area contributed by atoms with Crippen LogP contribution in [-0.2, 0) is 9.53 Å². The maximum atomic E-state index is 13.0. The minimum absolute atomic E-state index is 0.0763. The lowest BCUT2D eigenvalue weighted by molar-refractivity contribution is -0.143. The van der Waals surface area contributed by atoms with Crippen LogP contribution in [0.15, 0.2) is 24.3 Å². The quantitative estimate of drug-likeness (QED) is 0.912. The minimum Gasteiger partial charge on any atom is -0.480 e. The first kappa shape index (κ1) is 15.0. The van der Waals surface area contributed by atoms with E-state index >= 15 is 0 Å². The maximum absolute atomic E-state index is 13.0. The summed E-state index contributed by atoms with van der Waals surface area (Å²) in [4.78, 5) is 26.0. The highest BCUT2D eigenvalue weighted by molar-refractivity contribution is 5.97. The first-order valence-corrected chi connectivity index (χ1v) is 7.81. The number of amides is 1. The molecule has 1 amide bonds. The zero-order chi connectivity index (χ0) is 15.7. The average molecular weight is 303 g/mol. The van der Waals surface area contributed by atoms with Gasteiger partial charge in [0.05, 0.1) is 6.61 Å². The number of hydrogen-bond donors (Lipinski definition) is 1. The molecule has 5 nitrogen and oxygen atoms in total. The van der Waals surface area contributed by atoms with E-state index < -0.39 is 17.7 Å². The van der Waals surface area contributed by atoms with E-state index in [-0.39, 0.29) is 12.5 Å². The summed E-state index contributed by atoms with van der Waals surface area (Å²) >= 11 is 0. The predicted molar refractivity (Wildman–Crippen MR) is 80.5 cm³/mol. The first-order chi connectivity index (χ1) is 10.5. The second-order valence-electron chi connectivity index (χ2n) is 6.22. The smallest absolute Gasteiger partial charge is 0.328 e. The third-order valence-electron chi connectivity index (χ3n) is 4.66. The second-order valence-corrected chi connectivity index (χ2v) is 6.22. The van der Waals surface area contributed by atoms with Crippen LogP contribution in [0.1, 0.15) is 48.0 Å². The second kappa shape index (κ2) is 5.72. The van der Waals surface area contributed by atoms with Crippen LogP contribution in [0.25, 0.3) is 0 Å². The number of rotatable bonds is 2. The first-order valence-electron chi connectivity index (χ1n) is 7.81. The molecular weight excluding hydrogens is 282 g/mol. The molecule has 1 aromatic carbocycles. The molecule has 2 aliphatic rings. The van der Waals surface area contributed by atoms with Gasteiger partial charge in [0.15, 0.2) is 6.04 Å². The van der Waals surface area contributed by atoms with E-state index in [2.05, 4.69) is 0 Å². The Balaban J connectivity index is 1.97. The monoisotopic (exact) mass is 303 g/mol. The number of carboxylic acid groups (broad SMARTS) is 1. The van der Waals surface area contributed by atoms with Crippen LogP contribution in [0.3, 0.4) is 0 Å². The zero-order valence-corrected chi connectivity index (χ0v) is 12.7. The lowest BCUT2D eigenvalue weighted by Gasteiger charge is -2.41. The fraction of sp³-hybridized carbons (Fsp3) is 0.529.